The monoisotopic (exact) mass is 322 g/mol. The van der Waals surface area contributed by atoms with Gasteiger partial charge in [-0.05, 0) is 37.1 Å². The summed E-state index contributed by atoms with van der Waals surface area (Å²) < 4.78 is 0. The van der Waals surface area contributed by atoms with Gasteiger partial charge in [0.15, 0.2) is 0 Å². The molecule has 0 saturated carbocycles. The summed E-state index contributed by atoms with van der Waals surface area (Å²) in [5, 5.41) is 0.826. The maximum Gasteiger partial charge on any atom is 2.00 e. The van der Waals surface area contributed by atoms with Crippen molar-refractivity contribution in [2.24, 2.45) is 0 Å². The van der Waals surface area contributed by atoms with Crippen LogP contribution in [0.15, 0.2) is 18.2 Å². The molecule has 0 aliphatic heterocycles. The summed E-state index contributed by atoms with van der Waals surface area (Å²) in [5.41, 5.74) is 2.44. The van der Waals surface area contributed by atoms with Crippen LogP contribution >= 0.6 is 11.6 Å². The van der Waals surface area contributed by atoms with Crippen LogP contribution in [0.25, 0.3) is 0 Å². The van der Waals surface area contributed by atoms with Crippen LogP contribution in [0.1, 0.15) is 11.1 Å². The molecule has 0 heterocycles. The first kappa shape index (κ1) is 18.9. The van der Waals surface area contributed by atoms with Crippen molar-refractivity contribution in [3.05, 3.63) is 34.3 Å². The first-order valence-corrected chi connectivity index (χ1v) is 3.30. The van der Waals surface area contributed by atoms with Gasteiger partial charge in [-0.25, -0.2) is 0 Å². The van der Waals surface area contributed by atoms with E-state index in [4.69, 9.17) is 11.6 Å². The average molecular weight is 325 g/mol. The van der Waals surface area contributed by atoms with Gasteiger partial charge in [-0.3, -0.25) is 0 Å². The van der Waals surface area contributed by atoms with Gasteiger partial charge in [0.25, 0.3) is 0 Å². The third kappa shape index (κ3) is 6.72. The molecule has 0 fully saturated rings. The first-order chi connectivity index (χ1) is 4.18. The minimum atomic E-state index is 0. The Labute approximate surface area is 116 Å². The Morgan fingerprint density at radius 3 is 1.50 bits per heavy atom. The summed E-state index contributed by atoms with van der Waals surface area (Å²) in [7, 11) is 0. The van der Waals surface area contributed by atoms with Crippen LogP contribution in [0.3, 0.4) is 0 Å². The SMILES string of the molecule is Cc1cc(C)cc(Cl)c1.[Br-].[Br-].[Mg+2]. The van der Waals surface area contributed by atoms with Gasteiger partial charge in [0.05, 0.1) is 0 Å². The van der Waals surface area contributed by atoms with E-state index in [0.717, 1.165) is 5.02 Å². The average Bonchev–Trinajstić information content (AvgIpc) is 1.59. The number of rotatable bonds is 0. The molecular weight excluding hydrogens is 316 g/mol. The second-order valence-corrected chi connectivity index (χ2v) is 2.74. The molecule has 0 nitrogen and oxygen atoms in total. The van der Waals surface area contributed by atoms with Gasteiger partial charge in [-0.15, -0.1) is 0 Å². The van der Waals surface area contributed by atoms with Crippen molar-refractivity contribution >= 4 is 34.7 Å². The summed E-state index contributed by atoms with van der Waals surface area (Å²) in [4.78, 5) is 0. The van der Waals surface area contributed by atoms with Crippen LogP contribution in [0, 0.1) is 13.8 Å². The second kappa shape index (κ2) is 8.82. The Morgan fingerprint density at radius 2 is 1.25 bits per heavy atom. The summed E-state index contributed by atoms with van der Waals surface area (Å²) in [5.74, 6) is 0. The third-order valence-corrected chi connectivity index (χ3v) is 1.40. The van der Waals surface area contributed by atoms with E-state index in [1.807, 2.05) is 26.0 Å². The van der Waals surface area contributed by atoms with E-state index in [1.165, 1.54) is 11.1 Å². The van der Waals surface area contributed by atoms with Crippen LogP contribution in [-0.4, -0.2) is 23.1 Å². The minimum Gasteiger partial charge on any atom is -1.00 e. The van der Waals surface area contributed by atoms with E-state index >= 15 is 0 Å². The molecule has 12 heavy (non-hydrogen) atoms. The molecule has 0 N–H and O–H groups in total. The number of hydrogen-bond donors (Lipinski definition) is 0. The van der Waals surface area contributed by atoms with Gasteiger partial charge < -0.3 is 34.0 Å². The molecule has 0 unspecified atom stereocenters. The minimum absolute atomic E-state index is 0. The molecule has 0 spiro atoms. The largest absolute Gasteiger partial charge is 2.00 e. The van der Waals surface area contributed by atoms with Crippen LogP contribution in [0.2, 0.25) is 5.02 Å². The van der Waals surface area contributed by atoms with E-state index < -0.39 is 0 Å². The van der Waals surface area contributed by atoms with Crippen molar-refractivity contribution in [3.63, 3.8) is 0 Å². The quantitative estimate of drug-likeness (QED) is 0.436. The standard InChI is InChI=1S/C8H9Cl.2BrH.Mg/c1-6-3-7(2)5-8(9)4-6;;;/h3-5H,1-2H3;2*1H;/q;;;+2/p-2. The molecule has 0 saturated heterocycles. The smallest absolute Gasteiger partial charge is 1.00 e. The zero-order valence-corrected chi connectivity index (χ0v) is 12.4. The number of halogens is 3. The fraction of sp³-hybridized carbons (Fsp3) is 0.250. The Hall–Kier alpha value is 1.24. The van der Waals surface area contributed by atoms with E-state index in [1.54, 1.807) is 0 Å². The number of hydrogen-bond acceptors (Lipinski definition) is 0. The summed E-state index contributed by atoms with van der Waals surface area (Å²) in [6.07, 6.45) is 0. The normalized spacial score (nSPS) is 7.25. The zero-order valence-electron chi connectivity index (χ0n) is 7.07. The molecule has 0 radical (unpaired) electrons. The number of aryl methyl sites for hydroxylation is 2. The fourth-order valence-electron chi connectivity index (χ4n) is 0.919. The van der Waals surface area contributed by atoms with Crippen molar-refractivity contribution in [2.45, 2.75) is 13.8 Å². The molecule has 0 bridgehead atoms. The third-order valence-electron chi connectivity index (χ3n) is 1.19. The van der Waals surface area contributed by atoms with E-state index in [-0.39, 0.29) is 57.0 Å². The van der Waals surface area contributed by atoms with Crippen molar-refractivity contribution in [1.82, 2.24) is 0 Å². The predicted octanol–water partition coefficient (Wildman–Crippen LogP) is -3.42. The maximum absolute atomic E-state index is 5.75. The van der Waals surface area contributed by atoms with Gasteiger partial charge in [0, 0.05) is 5.02 Å². The Balaban J connectivity index is -0.000000270. The molecule has 1 aromatic carbocycles. The van der Waals surface area contributed by atoms with E-state index in [0.29, 0.717) is 0 Å². The van der Waals surface area contributed by atoms with Crippen LogP contribution in [0.4, 0.5) is 0 Å². The van der Waals surface area contributed by atoms with E-state index in [9.17, 15) is 0 Å². The summed E-state index contributed by atoms with van der Waals surface area (Å²) in [6.45, 7) is 4.08. The maximum atomic E-state index is 5.75. The van der Waals surface area contributed by atoms with Gasteiger partial charge in [-0.2, -0.15) is 0 Å². The van der Waals surface area contributed by atoms with Gasteiger partial charge in [0.1, 0.15) is 0 Å². The topological polar surface area (TPSA) is 0 Å². The van der Waals surface area contributed by atoms with Crippen LogP contribution < -0.4 is 34.0 Å². The molecule has 0 atom stereocenters. The predicted molar refractivity (Wildman–Crippen MR) is 46.7 cm³/mol. The summed E-state index contributed by atoms with van der Waals surface area (Å²) in [6, 6.07) is 6.01. The van der Waals surface area contributed by atoms with Crippen molar-refractivity contribution in [2.75, 3.05) is 0 Å². The molecule has 0 aliphatic carbocycles. The number of benzene rings is 1. The second-order valence-electron chi connectivity index (χ2n) is 2.31. The Bertz CT molecular complexity index is 178. The molecule has 0 amide bonds. The zero-order chi connectivity index (χ0) is 6.85. The van der Waals surface area contributed by atoms with Crippen molar-refractivity contribution in [1.29, 1.82) is 0 Å². The molecule has 0 aliphatic rings. The molecule has 4 heteroatoms. The van der Waals surface area contributed by atoms with Gasteiger partial charge >= 0.3 is 23.1 Å². The van der Waals surface area contributed by atoms with Crippen molar-refractivity contribution < 1.29 is 34.0 Å². The molecule has 1 rings (SSSR count). The van der Waals surface area contributed by atoms with Crippen LogP contribution in [0.5, 0.6) is 0 Å². The van der Waals surface area contributed by atoms with Gasteiger partial charge in [0.2, 0.25) is 0 Å². The molecule has 0 aromatic heterocycles. The molecular formula is C8H9Br2ClMg. The fourth-order valence-corrected chi connectivity index (χ4v) is 1.26. The Kier molecular flexibility index (Phi) is 13.9. The molecule has 1 aromatic rings. The van der Waals surface area contributed by atoms with E-state index in [2.05, 4.69) is 6.07 Å². The summed E-state index contributed by atoms with van der Waals surface area (Å²) >= 11 is 5.75. The Morgan fingerprint density at radius 1 is 0.917 bits per heavy atom. The first-order valence-electron chi connectivity index (χ1n) is 2.92. The van der Waals surface area contributed by atoms with Crippen molar-refractivity contribution in [3.8, 4) is 0 Å². The molecule has 64 valence electrons. The van der Waals surface area contributed by atoms with Crippen LogP contribution in [-0.2, 0) is 0 Å². The van der Waals surface area contributed by atoms with Gasteiger partial charge in [-0.1, -0.05) is 17.7 Å².